The normalized spacial score (nSPS) is 23.4. The highest BCUT2D eigenvalue weighted by atomic mass is 35.5. The standard InChI is InChI=1S/C29H32Cl2N6O3/c1-35-8-10-37(11-9-35)25-2-3-26(34-33-25)40-27-13-18(12-24(32-27)19-14-20(30)16-21(31)15-19)17-36-6-4-22-23(5-7-36)28(22)29(38)39/h2-3,12-16,22-23,28H,4-11,17H2,1H3,(H,38,39)/t22-,23+,28?. The highest BCUT2D eigenvalue weighted by molar-refractivity contribution is 6.35. The van der Waals surface area contributed by atoms with Crippen LogP contribution in [0.1, 0.15) is 18.4 Å². The number of aromatic nitrogens is 3. The predicted molar refractivity (Wildman–Crippen MR) is 154 cm³/mol. The minimum atomic E-state index is -0.649. The van der Waals surface area contributed by atoms with Gasteiger partial charge in [0.2, 0.25) is 11.8 Å². The SMILES string of the molecule is CN1CCN(c2ccc(Oc3cc(CN4CC[C@@H]5C(C(=O)O)[C@@H]5CC4)cc(-c4cc(Cl)cc(Cl)c4)n3)nn2)CC1. The molecule has 1 aromatic carbocycles. The number of fused-ring (bicyclic) bond motifs is 1. The average Bonchev–Trinajstić information content (AvgIpc) is 3.66. The number of likely N-dealkylation sites (N-methyl/N-ethyl adjacent to an activating group) is 1. The second-order valence-electron chi connectivity index (χ2n) is 11.0. The maximum Gasteiger partial charge on any atom is 0.307 e. The van der Waals surface area contributed by atoms with Gasteiger partial charge in [0.1, 0.15) is 0 Å². The average molecular weight is 584 g/mol. The molecule has 0 amide bonds. The molecule has 2 saturated heterocycles. The topological polar surface area (TPSA) is 94.9 Å². The summed E-state index contributed by atoms with van der Waals surface area (Å²) < 4.78 is 6.12. The quantitative estimate of drug-likeness (QED) is 0.416. The Morgan fingerprint density at radius 3 is 2.25 bits per heavy atom. The van der Waals surface area contributed by atoms with Gasteiger partial charge in [-0.15, -0.1) is 10.2 Å². The lowest BCUT2D eigenvalue weighted by molar-refractivity contribution is -0.139. The van der Waals surface area contributed by atoms with E-state index >= 15 is 0 Å². The molecule has 0 spiro atoms. The second-order valence-corrected chi connectivity index (χ2v) is 11.9. The number of likely N-dealkylation sites (tertiary alicyclic amines) is 1. The molecule has 3 atom stereocenters. The molecule has 6 rings (SSSR count). The maximum atomic E-state index is 11.5. The first kappa shape index (κ1) is 27.2. The van der Waals surface area contributed by atoms with E-state index in [0.29, 0.717) is 45.9 Å². The lowest BCUT2D eigenvalue weighted by Crippen LogP contribution is -2.44. The summed E-state index contributed by atoms with van der Waals surface area (Å²) in [7, 11) is 2.12. The van der Waals surface area contributed by atoms with Gasteiger partial charge in [0.15, 0.2) is 5.82 Å². The van der Waals surface area contributed by atoms with Crippen molar-refractivity contribution in [2.75, 3.05) is 51.2 Å². The van der Waals surface area contributed by atoms with Crippen LogP contribution in [0.25, 0.3) is 11.3 Å². The smallest absolute Gasteiger partial charge is 0.307 e. The van der Waals surface area contributed by atoms with Gasteiger partial charge in [-0.05, 0) is 80.7 Å². The van der Waals surface area contributed by atoms with Crippen LogP contribution < -0.4 is 9.64 Å². The third-order valence-electron chi connectivity index (χ3n) is 8.26. The molecule has 1 saturated carbocycles. The molecule has 2 aliphatic heterocycles. The van der Waals surface area contributed by atoms with Crippen molar-refractivity contribution in [1.29, 1.82) is 0 Å². The van der Waals surface area contributed by atoms with Gasteiger partial charge >= 0.3 is 5.97 Å². The van der Waals surface area contributed by atoms with Gasteiger partial charge in [-0.3, -0.25) is 9.69 Å². The summed E-state index contributed by atoms with van der Waals surface area (Å²) >= 11 is 12.6. The van der Waals surface area contributed by atoms with Gasteiger partial charge in [-0.2, -0.15) is 0 Å². The lowest BCUT2D eigenvalue weighted by Gasteiger charge is -2.32. The van der Waals surface area contributed by atoms with Gasteiger partial charge in [-0.25, -0.2) is 4.98 Å². The molecule has 1 aliphatic carbocycles. The Hall–Kier alpha value is -2.98. The fraction of sp³-hybridized carbons (Fsp3) is 0.448. The van der Waals surface area contributed by atoms with Crippen molar-refractivity contribution in [3.05, 3.63) is 58.1 Å². The van der Waals surface area contributed by atoms with E-state index in [0.717, 1.165) is 69.1 Å². The zero-order valence-electron chi connectivity index (χ0n) is 22.3. The Morgan fingerprint density at radius 1 is 0.925 bits per heavy atom. The summed E-state index contributed by atoms with van der Waals surface area (Å²) in [4.78, 5) is 23.1. The molecule has 40 heavy (non-hydrogen) atoms. The van der Waals surface area contributed by atoms with Crippen LogP contribution in [0.2, 0.25) is 10.0 Å². The summed E-state index contributed by atoms with van der Waals surface area (Å²) in [5.74, 6) is 1.41. The number of hydrogen-bond acceptors (Lipinski definition) is 8. The summed E-state index contributed by atoms with van der Waals surface area (Å²) in [5, 5.41) is 19.2. The maximum absolute atomic E-state index is 11.5. The first-order valence-corrected chi connectivity index (χ1v) is 14.5. The fourth-order valence-electron chi connectivity index (χ4n) is 6.02. The Morgan fingerprint density at radius 2 is 1.62 bits per heavy atom. The fourth-order valence-corrected chi connectivity index (χ4v) is 6.55. The molecule has 1 N–H and O–H groups in total. The van der Waals surface area contributed by atoms with Gasteiger partial charge in [0.05, 0.1) is 11.6 Å². The van der Waals surface area contributed by atoms with E-state index in [-0.39, 0.29) is 5.92 Å². The molecule has 3 aromatic rings. The van der Waals surface area contributed by atoms with E-state index in [9.17, 15) is 9.90 Å². The van der Waals surface area contributed by atoms with Crippen LogP contribution in [-0.4, -0.2) is 82.4 Å². The zero-order valence-corrected chi connectivity index (χ0v) is 23.9. The summed E-state index contributed by atoms with van der Waals surface area (Å²) in [6, 6.07) is 13.1. The molecule has 210 valence electrons. The number of carboxylic acid groups (broad SMARTS) is 1. The number of benzene rings is 1. The monoisotopic (exact) mass is 582 g/mol. The Kier molecular flexibility index (Phi) is 7.81. The minimum absolute atomic E-state index is 0.161. The van der Waals surface area contributed by atoms with Crippen LogP contribution in [-0.2, 0) is 11.3 Å². The van der Waals surface area contributed by atoms with Crippen LogP contribution in [0.4, 0.5) is 5.82 Å². The first-order valence-electron chi connectivity index (χ1n) is 13.7. The number of ether oxygens (including phenoxy) is 1. The van der Waals surface area contributed by atoms with E-state index in [2.05, 4.69) is 31.9 Å². The van der Waals surface area contributed by atoms with Gasteiger partial charge in [0.25, 0.3) is 0 Å². The van der Waals surface area contributed by atoms with Crippen molar-refractivity contribution >= 4 is 35.0 Å². The van der Waals surface area contributed by atoms with Crippen molar-refractivity contribution in [3.8, 4) is 23.0 Å². The Labute approximate surface area is 243 Å². The van der Waals surface area contributed by atoms with E-state index in [4.69, 9.17) is 32.9 Å². The number of piperazine rings is 1. The molecule has 3 fully saturated rings. The highest BCUT2D eigenvalue weighted by Gasteiger charge is 2.54. The van der Waals surface area contributed by atoms with E-state index in [1.54, 1.807) is 6.07 Å². The van der Waals surface area contributed by atoms with E-state index in [1.165, 1.54) is 0 Å². The van der Waals surface area contributed by atoms with Crippen LogP contribution in [0.15, 0.2) is 42.5 Å². The molecule has 9 nitrogen and oxygen atoms in total. The molecule has 1 unspecified atom stereocenters. The van der Waals surface area contributed by atoms with Crippen LogP contribution >= 0.6 is 23.2 Å². The number of pyridine rings is 1. The number of carboxylic acids is 1. The number of hydrogen-bond donors (Lipinski definition) is 1. The second kappa shape index (κ2) is 11.5. The third-order valence-corrected chi connectivity index (χ3v) is 8.70. The van der Waals surface area contributed by atoms with Crippen molar-refractivity contribution in [2.24, 2.45) is 17.8 Å². The van der Waals surface area contributed by atoms with Crippen molar-refractivity contribution in [2.45, 2.75) is 19.4 Å². The molecular weight excluding hydrogens is 551 g/mol. The van der Waals surface area contributed by atoms with Crippen molar-refractivity contribution in [1.82, 2.24) is 25.0 Å². The number of halogens is 2. The number of nitrogens with zero attached hydrogens (tertiary/aromatic N) is 6. The molecular formula is C29H32Cl2N6O3. The summed E-state index contributed by atoms with van der Waals surface area (Å²) in [5.41, 5.74) is 2.52. The molecule has 11 heteroatoms. The summed E-state index contributed by atoms with van der Waals surface area (Å²) in [6.07, 6.45) is 1.81. The number of carbonyl (C=O) groups is 1. The van der Waals surface area contributed by atoms with Gasteiger partial charge in [0, 0.05) is 60.5 Å². The van der Waals surface area contributed by atoms with E-state index in [1.807, 2.05) is 36.4 Å². The molecule has 0 bridgehead atoms. The van der Waals surface area contributed by atoms with Crippen molar-refractivity contribution < 1.29 is 14.6 Å². The molecule has 0 radical (unpaired) electrons. The predicted octanol–water partition coefficient (Wildman–Crippen LogP) is 4.93. The Balaban J connectivity index is 1.21. The number of aliphatic carboxylic acids is 1. The first-order chi connectivity index (χ1) is 19.3. The van der Waals surface area contributed by atoms with Gasteiger partial charge < -0.3 is 19.6 Å². The number of rotatable bonds is 7. The minimum Gasteiger partial charge on any atom is -0.481 e. The van der Waals surface area contributed by atoms with Gasteiger partial charge in [-0.1, -0.05) is 23.2 Å². The molecule has 4 heterocycles. The summed E-state index contributed by atoms with van der Waals surface area (Å²) in [6.45, 7) is 6.23. The van der Waals surface area contributed by atoms with Crippen LogP contribution in [0, 0.1) is 17.8 Å². The highest BCUT2D eigenvalue weighted by Crippen LogP contribution is 2.52. The zero-order chi connectivity index (χ0) is 27.8. The van der Waals surface area contributed by atoms with Crippen molar-refractivity contribution in [3.63, 3.8) is 0 Å². The Bertz CT molecular complexity index is 1350. The largest absolute Gasteiger partial charge is 0.481 e. The van der Waals surface area contributed by atoms with Crippen LogP contribution in [0.5, 0.6) is 11.8 Å². The lowest BCUT2D eigenvalue weighted by atomic mass is 10.1. The van der Waals surface area contributed by atoms with E-state index < -0.39 is 5.97 Å². The molecule has 3 aliphatic rings. The third kappa shape index (κ3) is 6.17. The van der Waals surface area contributed by atoms with Crippen LogP contribution in [0.3, 0.4) is 0 Å². The molecule has 2 aromatic heterocycles. The number of anilines is 1.